The second-order valence-corrected chi connectivity index (χ2v) is 6.44. The standard InChI is InChI=1S/C18H20ClN3O3/c1-13-7-12-25-16(13)17(23)21-8-2-9-22(11-10-21)18(24)20-15-5-3-14(19)4-6-15/h3-7,12H,2,8-11H2,1H3,(H,20,24). The normalized spacial score (nSPS) is 15.0. The fraction of sp³-hybridized carbons (Fsp3) is 0.333. The lowest BCUT2D eigenvalue weighted by molar-refractivity contribution is 0.0730. The number of nitrogens with zero attached hydrogens (tertiary/aromatic N) is 2. The van der Waals surface area contributed by atoms with Crippen molar-refractivity contribution in [3.05, 3.63) is 52.9 Å². The lowest BCUT2D eigenvalue weighted by atomic mass is 10.2. The van der Waals surface area contributed by atoms with Crippen molar-refractivity contribution >= 4 is 29.2 Å². The monoisotopic (exact) mass is 361 g/mol. The summed E-state index contributed by atoms with van der Waals surface area (Å²) in [5, 5.41) is 3.47. The number of amides is 3. The van der Waals surface area contributed by atoms with Crippen molar-refractivity contribution in [2.75, 3.05) is 31.5 Å². The fourth-order valence-electron chi connectivity index (χ4n) is 2.79. The van der Waals surface area contributed by atoms with Crippen molar-refractivity contribution in [2.45, 2.75) is 13.3 Å². The van der Waals surface area contributed by atoms with Crippen molar-refractivity contribution in [1.29, 1.82) is 0 Å². The first-order valence-electron chi connectivity index (χ1n) is 8.19. The molecule has 0 radical (unpaired) electrons. The minimum Gasteiger partial charge on any atom is -0.459 e. The molecule has 132 valence electrons. The van der Waals surface area contributed by atoms with Crippen LogP contribution >= 0.6 is 11.6 Å². The summed E-state index contributed by atoms with van der Waals surface area (Å²) in [7, 11) is 0. The first kappa shape index (κ1) is 17.4. The number of furan rings is 1. The van der Waals surface area contributed by atoms with E-state index < -0.39 is 0 Å². The van der Waals surface area contributed by atoms with E-state index in [9.17, 15) is 9.59 Å². The van der Waals surface area contributed by atoms with Gasteiger partial charge in [-0.2, -0.15) is 0 Å². The SMILES string of the molecule is Cc1ccoc1C(=O)N1CCCN(C(=O)Nc2ccc(Cl)cc2)CC1. The molecule has 0 spiro atoms. The zero-order valence-corrected chi connectivity index (χ0v) is 14.8. The number of carbonyl (C=O) groups is 2. The van der Waals surface area contributed by atoms with Crippen molar-refractivity contribution in [3.63, 3.8) is 0 Å². The molecule has 2 heterocycles. The fourth-order valence-corrected chi connectivity index (χ4v) is 2.92. The molecule has 0 aliphatic carbocycles. The van der Waals surface area contributed by atoms with Gasteiger partial charge in [-0.05, 0) is 43.7 Å². The van der Waals surface area contributed by atoms with Crippen LogP contribution in [0.4, 0.5) is 10.5 Å². The van der Waals surface area contributed by atoms with Crippen LogP contribution in [0.3, 0.4) is 0 Å². The van der Waals surface area contributed by atoms with Gasteiger partial charge >= 0.3 is 6.03 Å². The number of anilines is 1. The van der Waals surface area contributed by atoms with Crippen LogP contribution in [0.15, 0.2) is 41.0 Å². The molecule has 1 N–H and O–H groups in total. The van der Waals surface area contributed by atoms with E-state index in [2.05, 4.69) is 5.32 Å². The van der Waals surface area contributed by atoms with Crippen LogP contribution in [-0.4, -0.2) is 47.9 Å². The third-order valence-corrected chi connectivity index (χ3v) is 4.47. The second kappa shape index (κ2) is 7.61. The molecule has 3 amide bonds. The molecule has 1 aliphatic rings. The van der Waals surface area contributed by atoms with Crippen LogP contribution in [0.5, 0.6) is 0 Å². The maximum Gasteiger partial charge on any atom is 0.321 e. The Labute approximate surface area is 151 Å². The number of nitrogens with one attached hydrogen (secondary N) is 1. The van der Waals surface area contributed by atoms with Crippen LogP contribution < -0.4 is 5.32 Å². The maximum absolute atomic E-state index is 12.5. The molecule has 0 bridgehead atoms. The Morgan fingerprint density at radius 1 is 1.04 bits per heavy atom. The van der Waals surface area contributed by atoms with E-state index in [1.807, 2.05) is 6.92 Å². The predicted molar refractivity (Wildman–Crippen MR) is 96.0 cm³/mol. The summed E-state index contributed by atoms with van der Waals surface area (Å²) in [6.07, 6.45) is 2.24. The van der Waals surface area contributed by atoms with Crippen LogP contribution in [0.1, 0.15) is 22.5 Å². The maximum atomic E-state index is 12.5. The van der Waals surface area contributed by atoms with E-state index >= 15 is 0 Å². The van der Waals surface area contributed by atoms with Gasteiger partial charge in [0, 0.05) is 42.5 Å². The first-order valence-corrected chi connectivity index (χ1v) is 8.57. The van der Waals surface area contributed by atoms with E-state index in [0.29, 0.717) is 42.6 Å². The van der Waals surface area contributed by atoms with Gasteiger partial charge in [0.15, 0.2) is 5.76 Å². The molecule has 1 aliphatic heterocycles. The topological polar surface area (TPSA) is 65.8 Å². The Bertz CT molecular complexity index is 757. The van der Waals surface area contributed by atoms with E-state index in [0.717, 1.165) is 12.0 Å². The van der Waals surface area contributed by atoms with Crippen molar-refractivity contribution in [2.24, 2.45) is 0 Å². The molecule has 0 saturated carbocycles. The Kier molecular flexibility index (Phi) is 5.28. The summed E-state index contributed by atoms with van der Waals surface area (Å²) >= 11 is 5.85. The van der Waals surface area contributed by atoms with E-state index in [-0.39, 0.29) is 11.9 Å². The summed E-state index contributed by atoms with van der Waals surface area (Å²) in [6.45, 7) is 4.00. The van der Waals surface area contributed by atoms with Gasteiger partial charge in [0.2, 0.25) is 0 Å². The molecule has 1 fully saturated rings. The van der Waals surface area contributed by atoms with Crippen LogP contribution in [0.2, 0.25) is 5.02 Å². The Hall–Kier alpha value is -2.47. The van der Waals surface area contributed by atoms with Gasteiger partial charge in [-0.25, -0.2) is 4.79 Å². The Morgan fingerprint density at radius 3 is 2.40 bits per heavy atom. The first-order chi connectivity index (χ1) is 12.0. The van der Waals surface area contributed by atoms with Gasteiger partial charge in [0.1, 0.15) is 0 Å². The van der Waals surface area contributed by atoms with E-state index in [4.69, 9.17) is 16.0 Å². The summed E-state index contributed by atoms with van der Waals surface area (Å²) < 4.78 is 5.29. The molecule has 7 heteroatoms. The summed E-state index contributed by atoms with van der Waals surface area (Å²) in [6, 6.07) is 8.57. The molecule has 0 unspecified atom stereocenters. The predicted octanol–water partition coefficient (Wildman–Crippen LogP) is 3.62. The number of carbonyl (C=O) groups excluding carboxylic acids is 2. The smallest absolute Gasteiger partial charge is 0.321 e. The van der Waals surface area contributed by atoms with Crippen molar-refractivity contribution in [3.8, 4) is 0 Å². The highest BCUT2D eigenvalue weighted by molar-refractivity contribution is 6.30. The molecule has 2 aromatic rings. The highest BCUT2D eigenvalue weighted by atomic mass is 35.5. The number of rotatable bonds is 2. The zero-order chi connectivity index (χ0) is 17.8. The van der Waals surface area contributed by atoms with Gasteiger partial charge in [-0.1, -0.05) is 11.6 Å². The van der Waals surface area contributed by atoms with Crippen LogP contribution in [0, 0.1) is 6.92 Å². The highest BCUT2D eigenvalue weighted by Crippen LogP contribution is 2.16. The minimum absolute atomic E-state index is 0.123. The van der Waals surface area contributed by atoms with Gasteiger partial charge < -0.3 is 19.5 Å². The molecule has 1 aromatic carbocycles. The summed E-state index contributed by atoms with van der Waals surface area (Å²) in [4.78, 5) is 28.4. The number of aryl methyl sites for hydroxylation is 1. The number of hydrogen-bond acceptors (Lipinski definition) is 3. The van der Waals surface area contributed by atoms with Crippen molar-refractivity contribution in [1.82, 2.24) is 9.80 Å². The third kappa shape index (κ3) is 4.14. The molecule has 6 nitrogen and oxygen atoms in total. The van der Waals surface area contributed by atoms with Gasteiger partial charge in [0.05, 0.1) is 6.26 Å². The average molecular weight is 362 g/mol. The minimum atomic E-state index is -0.175. The molecule has 25 heavy (non-hydrogen) atoms. The quantitative estimate of drug-likeness (QED) is 0.888. The number of benzene rings is 1. The van der Waals surface area contributed by atoms with Crippen LogP contribution in [-0.2, 0) is 0 Å². The zero-order valence-electron chi connectivity index (χ0n) is 14.0. The van der Waals surface area contributed by atoms with E-state index in [1.54, 1.807) is 40.1 Å². The van der Waals surface area contributed by atoms with E-state index in [1.165, 1.54) is 6.26 Å². The van der Waals surface area contributed by atoms with Crippen molar-refractivity contribution < 1.29 is 14.0 Å². The molecule has 0 atom stereocenters. The Morgan fingerprint density at radius 2 is 1.72 bits per heavy atom. The van der Waals surface area contributed by atoms with Crippen LogP contribution in [0.25, 0.3) is 0 Å². The third-order valence-electron chi connectivity index (χ3n) is 4.22. The largest absolute Gasteiger partial charge is 0.459 e. The highest BCUT2D eigenvalue weighted by Gasteiger charge is 2.25. The molecular formula is C18H20ClN3O3. The summed E-state index contributed by atoms with van der Waals surface area (Å²) in [5.41, 5.74) is 1.52. The second-order valence-electron chi connectivity index (χ2n) is 6.00. The molecule has 3 rings (SSSR count). The van der Waals surface area contributed by atoms with Gasteiger partial charge in [0.25, 0.3) is 5.91 Å². The van der Waals surface area contributed by atoms with Gasteiger partial charge in [-0.3, -0.25) is 4.79 Å². The number of halogens is 1. The number of hydrogen-bond donors (Lipinski definition) is 1. The van der Waals surface area contributed by atoms with Gasteiger partial charge in [-0.15, -0.1) is 0 Å². The number of urea groups is 1. The Balaban J connectivity index is 1.59. The lowest BCUT2D eigenvalue weighted by Gasteiger charge is -2.22. The summed E-state index contributed by atoms with van der Waals surface area (Å²) in [5.74, 6) is 0.251. The average Bonchev–Trinajstić information content (AvgIpc) is 2.88. The lowest BCUT2D eigenvalue weighted by Crippen LogP contribution is -2.39. The molecule has 1 aromatic heterocycles. The molecular weight excluding hydrogens is 342 g/mol. The molecule has 1 saturated heterocycles.